The number of carboxylic acid groups (broad SMARTS) is 1. The first-order valence-corrected chi connectivity index (χ1v) is 6.45. The molecule has 0 fully saturated rings. The summed E-state index contributed by atoms with van der Waals surface area (Å²) in [5.41, 5.74) is -0.201. The lowest BCUT2D eigenvalue weighted by molar-refractivity contribution is -0.139. The molecular formula is C12H19N3O5. The average Bonchev–Trinajstić information content (AvgIpc) is 2.89. The number of nitrogens with zero attached hydrogens (tertiary/aromatic N) is 2. The van der Waals surface area contributed by atoms with Gasteiger partial charge < -0.3 is 20.2 Å². The maximum absolute atomic E-state index is 12.0. The van der Waals surface area contributed by atoms with Gasteiger partial charge in [-0.1, -0.05) is 5.16 Å². The molecule has 8 heteroatoms. The Morgan fingerprint density at radius 1 is 1.45 bits per heavy atom. The monoisotopic (exact) mass is 285 g/mol. The van der Waals surface area contributed by atoms with Crippen LogP contribution in [0, 0.1) is 0 Å². The van der Waals surface area contributed by atoms with Gasteiger partial charge in [-0.15, -0.1) is 0 Å². The predicted octanol–water partition coefficient (Wildman–Crippen LogP) is -0.411. The molecule has 0 spiro atoms. The van der Waals surface area contributed by atoms with E-state index in [9.17, 15) is 14.4 Å². The Morgan fingerprint density at radius 3 is 2.50 bits per heavy atom. The van der Waals surface area contributed by atoms with Gasteiger partial charge in [-0.05, 0) is 20.8 Å². The van der Waals surface area contributed by atoms with Crippen LogP contribution in [0.3, 0.4) is 0 Å². The number of carbonyl (C=O) groups excluding carboxylic acids is 2. The summed E-state index contributed by atoms with van der Waals surface area (Å²) in [5, 5.41) is 14.5. The van der Waals surface area contributed by atoms with E-state index in [1.807, 2.05) is 13.8 Å². The predicted molar refractivity (Wildman–Crippen MR) is 70.1 cm³/mol. The largest absolute Gasteiger partial charge is 0.477 e. The maximum Gasteiger partial charge on any atom is 0.353 e. The summed E-state index contributed by atoms with van der Waals surface area (Å²) in [7, 11) is 0. The van der Waals surface area contributed by atoms with Crippen molar-refractivity contribution in [2.75, 3.05) is 13.1 Å². The van der Waals surface area contributed by atoms with Crippen LogP contribution < -0.4 is 5.32 Å². The molecule has 0 saturated carbocycles. The lowest BCUT2D eigenvalue weighted by Gasteiger charge is -2.23. The van der Waals surface area contributed by atoms with Crippen molar-refractivity contribution >= 4 is 23.5 Å². The minimum Gasteiger partial charge on any atom is -0.477 e. The van der Waals surface area contributed by atoms with Crippen molar-refractivity contribution in [2.45, 2.75) is 39.3 Å². The van der Waals surface area contributed by atoms with Gasteiger partial charge in [0.2, 0.25) is 12.0 Å². The minimum absolute atomic E-state index is 0.104. The van der Waals surface area contributed by atoms with Crippen molar-refractivity contribution in [3.8, 4) is 0 Å². The Balaban J connectivity index is 2.51. The van der Waals surface area contributed by atoms with Crippen LogP contribution in [-0.4, -0.2) is 58.7 Å². The number of carboxylic acids is 1. The van der Waals surface area contributed by atoms with Crippen LogP contribution >= 0.6 is 0 Å². The topological polar surface area (TPSA) is 108 Å². The standard InChI is InChI=1S/C12H19N3O5/c1-4-15(5-2)11(17)7(3)13-10(16)9-6-8(12(18)19)14-20-9/h7,9H,4-6H2,1-3H3,(H,13,16)(H,18,19). The van der Waals surface area contributed by atoms with Crippen molar-refractivity contribution in [3.05, 3.63) is 0 Å². The van der Waals surface area contributed by atoms with E-state index in [-0.39, 0.29) is 18.0 Å². The number of likely N-dealkylation sites (N-methyl/N-ethyl adjacent to an activating group) is 1. The van der Waals surface area contributed by atoms with E-state index in [1.165, 1.54) is 0 Å². The Labute approximate surface area is 116 Å². The smallest absolute Gasteiger partial charge is 0.353 e. The van der Waals surface area contributed by atoms with Gasteiger partial charge in [0.05, 0.1) is 0 Å². The van der Waals surface area contributed by atoms with Gasteiger partial charge in [0.15, 0.2) is 5.71 Å². The number of hydrogen-bond donors (Lipinski definition) is 2. The van der Waals surface area contributed by atoms with Crippen LogP contribution in [0.4, 0.5) is 0 Å². The Kier molecular flexibility index (Phi) is 5.48. The van der Waals surface area contributed by atoms with Gasteiger partial charge in [0.1, 0.15) is 6.04 Å². The normalized spacial score (nSPS) is 18.8. The van der Waals surface area contributed by atoms with Crippen LogP contribution in [0.2, 0.25) is 0 Å². The number of hydrogen-bond acceptors (Lipinski definition) is 5. The highest BCUT2D eigenvalue weighted by Crippen LogP contribution is 2.11. The second-order valence-corrected chi connectivity index (χ2v) is 4.38. The fourth-order valence-corrected chi connectivity index (χ4v) is 1.82. The number of nitrogens with one attached hydrogen (secondary N) is 1. The third-order valence-corrected chi connectivity index (χ3v) is 3.01. The molecule has 2 N–H and O–H groups in total. The van der Waals surface area contributed by atoms with E-state index in [1.54, 1.807) is 11.8 Å². The first kappa shape index (κ1) is 15.9. The molecule has 20 heavy (non-hydrogen) atoms. The SMILES string of the molecule is CCN(CC)C(=O)C(C)NC(=O)C1CC(C(=O)O)=NO1. The van der Waals surface area contributed by atoms with Gasteiger partial charge in [-0.2, -0.15) is 0 Å². The van der Waals surface area contributed by atoms with Crippen molar-refractivity contribution in [3.63, 3.8) is 0 Å². The van der Waals surface area contributed by atoms with Crippen molar-refractivity contribution in [1.82, 2.24) is 10.2 Å². The van der Waals surface area contributed by atoms with E-state index in [0.717, 1.165) is 0 Å². The number of carbonyl (C=O) groups is 3. The fraction of sp³-hybridized carbons (Fsp3) is 0.667. The van der Waals surface area contributed by atoms with E-state index < -0.39 is 24.0 Å². The molecule has 2 amide bonds. The van der Waals surface area contributed by atoms with Gasteiger partial charge >= 0.3 is 5.97 Å². The zero-order chi connectivity index (χ0) is 15.3. The van der Waals surface area contributed by atoms with Gasteiger partial charge in [0.25, 0.3) is 5.91 Å². The summed E-state index contributed by atoms with van der Waals surface area (Å²) in [5.74, 6) is -1.95. The van der Waals surface area contributed by atoms with Gasteiger partial charge in [-0.3, -0.25) is 9.59 Å². The summed E-state index contributed by atoms with van der Waals surface area (Å²) in [4.78, 5) is 40.8. The third-order valence-electron chi connectivity index (χ3n) is 3.01. The first-order valence-electron chi connectivity index (χ1n) is 6.45. The Bertz CT molecular complexity index is 431. The quantitative estimate of drug-likeness (QED) is 0.689. The maximum atomic E-state index is 12.0. The van der Waals surface area contributed by atoms with Crippen LogP contribution in [-0.2, 0) is 19.2 Å². The molecule has 0 aromatic rings. The molecule has 0 aliphatic carbocycles. The number of aliphatic carboxylic acids is 1. The molecule has 1 heterocycles. The fourth-order valence-electron chi connectivity index (χ4n) is 1.82. The molecule has 2 unspecified atom stereocenters. The summed E-state index contributed by atoms with van der Waals surface area (Å²) in [6, 6.07) is -0.695. The minimum atomic E-state index is -1.22. The first-order chi connectivity index (χ1) is 9.40. The molecule has 2 atom stereocenters. The molecule has 1 aliphatic rings. The highest BCUT2D eigenvalue weighted by atomic mass is 16.6. The van der Waals surface area contributed by atoms with Crippen LogP contribution in [0.15, 0.2) is 5.16 Å². The zero-order valence-electron chi connectivity index (χ0n) is 11.8. The Morgan fingerprint density at radius 2 is 2.05 bits per heavy atom. The molecule has 1 rings (SSSR count). The van der Waals surface area contributed by atoms with Gasteiger partial charge in [-0.25, -0.2) is 4.79 Å². The molecular weight excluding hydrogens is 266 g/mol. The highest BCUT2D eigenvalue weighted by Gasteiger charge is 2.33. The summed E-state index contributed by atoms with van der Waals surface area (Å²) < 4.78 is 0. The average molecular weight is 285 g/mol. The van der Waals surface area contributed by atoms with E-state index in [0.29, 0.717) is 13.1 Å². The second kappa shape index (κ2) is 6.88. The molecule has 0 aromatic carbocycles. The third kappa shape index (κ3) is 3.69. The lowest BCUT2D eigenvalue weighted by atomic mass is 10.1. The molecule has 1 aliphatic heterocycles. The van der Waals surface area contributed by atoms with E-state index >= 15 is 0 Å². The number of rotatable bonds is 6. The Hall–Kier alpha value is -2.12. The van der Waals surface area contributed by atoms with Crippen molar-refractivity contribution < 1.29 is 24.3 Å². The molecule has 0 saturated heterocycles. The molecule has 112 valence electrons. The van der Waals surface area contributed by atoms with E-state index in [4.69, 9.17) is 9.94 Å². The zero-order valence-corrected chi connectivity index (χ0v) is 11.8. The molecule has 0 aromatic heterocycles. The van der Waals surface area contributed by atoms with Crippen LogP contribution in [0.25, 0.3) is 0 Å². The molecule has 0 radical (unpaired) electrons. The van der Waals surface area contributed by atoms with Crippen molar-refractivity contribution in [2.24, 2.45) is 5.16 Å². The highest BCUT2D eigenvalue weighted by molar-refractivity contribution is 6.36. The lowest BCUT2D eigenvalue weighted by Crippen LogP contribution is -2.49. The summed E-state index contributed by atoms with van der Waals surface area (Å²) in [6.45, 7) is 6.39. The van der Waals surface area contributed by atoms with Crippen molar-refractivity contribution in [1.29, 1.82) is 0 Å². The van der Waals surface area contributed by atoms with Gasteiger partial charge in [0, 0.05) is 19.5 Å². The number of amides is 2. The number of oxime groups is 1. The second-order valence-electron chi connectivity index (χ2n) is 4.38. The summed E-state index contributed by atoms with van der Waals surface area (Å²) >= 11 is 0. The molecule has 8 nitrogen and oxygen atoms in total. The van der Waals surface area contributed by atoms with Crippen LogP contribution in [0.1, 0.15) is 27.2 Å². The summed E-state index contributed by atoms with van der Waals surface area (Å²) in [6.07, 6.45) is -1.10. The van der Waals surface area contributed by atoms with E-state index in [2.05, 4.69) is 10.5 Å². The molecule has 0 bridgehead atoms. The van der Waals surface area contributed by atoms with Crippen LogP contribution in [0.5, 0.6) is 0 Å².